The molecule has 0 aliphatic heterocycles. The van der Waals surface area contributed by atoms with E-state index in [0.717, 1.165) is 17.8 Å². The molecule has 1 atom stereocenters. The molecule has 44 heavy (non-hydrogen) atoms. The Morgan fingerprint density at radius 1 is 0.841 bits per heavy atom. The largest absolute Gasteiger partial charge is 0.418 e. The van der Waals surface area contributed by atoms with E-state index in [1.807, 2.05) is 0 Å². The third-order valence-electron chi connectivity index (χ3n) is 6.26. The van der Waals surface area contributed by atoms with Gasteiger partial charge in [0.1, 0.15) is 11.5 Å². The normalized spacial score (nSPS) is 12.2. The van der Waals surface area contributed by atoms with Crippen LogP contribution in [0.15, 0.2) is 114 Å². The quantitative estimate of drug-likeness (QED) is 0.0960. The lowest BCUT2D eigenvalue weighted by molar-refractivity contribution is -0.137. The topological polar surface area (TPSA) is 87.3 Å². The molecular weight excluding hydrogens is 594 g/mol. The van der Waals surface area contributed by atoms with Crippen LogP contribution in [0.5, 0.6) is 0 Å². The van der Waals surface area contributed by atoms with E-state index in [2.05, 4.69) is 16.0 Å². The van der Waals surface area contributed by atoms with Gasteiger partial charge in [-0.05, 0) is 61.0 Å². The minimum atomic E-state index is -4.63. The summed E-state index contributed by atoms with van der Waals surface area (Å²) in [6.07, 6.45) is -3.10. The highest BCUT2D eigenvalue weighted by Gasteiger charge is 2.34. The van der Waals surface area contributed by atoms with Crippen LogP contribution in [0.1, 0.15) is 34.8 Å². The van der Waals surface area contributed by atoms with Crippen molar-refractivity contribution in [2.24, 2.45) is 0 Å². The van der Waals surface area contributed by atoms with Crippen LogP contribution >= 0.6 is 11.8 Å². The van der Waals surface area contributed by atoms with Gasteiger partial charge in [0.25, 0.3) is 11.8 Å². The number of hydrogen-bond donors (Lipinski definition) is 3. The molecule has 0 aliphatic rings. The molecule has 0 saturated carbocycles. The fraction of sp³-hybridized carbons (Fsp3) is 0.121. The summed E-state index contributed by atoms with van der Waals surface area (Å²) in [5.74, 6) is -2.50. The summed E-state index contributed by atoms with van der Waals surface area (Å²) in [7, 11) is 0. The Labute approximate surface area is 255 Å². The number of amides is 3. The lowest BCUT2D eigenvalue weighted by atomic mass is 10.1. The van der Waals surface area contributed by atoms with Crippen LogP contribution in [0.4, 0.5) is 28.9 Å². The number of nitrogens with one attached hydrogen (secondary N) is 3. The fourth-order valence-corrected chi connectivity index (χ4v) is 5.09. The van der Waals surface area contributed by atoms with E-state index in [1.165, 1.54) is 42.5 Å². The van der Waals surface area contributed by atoms with Gasteiger partial charge in [-0.1, -0.05) is 61.5 Å². The van der Waals surface area contributed by atoms with Crippen LogP contribution in [0, 0.1) is 5.82 Å². The van der Waals surface area contributed by atoms with Crippen LogP contribution in [-0.4, -0.2) is 23.0 Å². The number of benzene rings is 4. The van der Waals surface area contributed by atoms with Gasteiger partial charge in [0.2, 0.25) is 5.91 Å². The van der Waals surface area contributed by atoms with Gasteiger partial charge in [-0.2, -0.15) is 13.2 Å². The summed E-state index contributed by atoms with van der Waals surface area (Å²) in [6, 6.07) is 25.2. The lowest BCUT2D eigenvalue weighted by Crippen LogP contribution is -2.30. The summed E-state index contributed by atoms with van der Waals surface area (Å²) in [6.45, 7) is 1.73. The van der Waals surface area contributed by atoms with Crippen molar-refractivity contribution in [2.45, 2.75) is 29.7 Å². The van der Waals surface area contributed by atoms with Crippen molar-refractivity contribution < 1.29 is 31.9 Å². The second-order valence-electron chi connectivity index (χ2n) is 9.43. The molecule has 4 aromatic rings. The van der Waals surface area contributed by atoms with Gasteiger partial charge in [-0.15, -0.1) is 11.8 Å². The molecule has 226 valence electrons. The zero-order valence-electron chi connectivity index (χ0n) is 23.3. The highest BCUT2D eigenvalue weighted by Crippen LogP contribution is 2.35. The molecule has 0 aliphatic carbocycles. The number of para-hydroxylation sites is 1. The number of rotatable bonds is 10. The first-order valence-corrected chi connectivity index (χ1v) is 14.3. The summed E-state index contributed by atoms with van der Waals surface area (Å²) in [5.41, 5.74) is -0.811. The number of thioether (sulfide) groups is 1. The average Bonchev–Trinajstić information content (AvgIpc) is 3.00. The molecule has 1 unspecified atom stereocenters. The number of anilines is 2. The predicted molar refractivity (Wildman–Crippen MR) is 163 cm³/mol. The molecule has 0 spiro atoms. The number of hydrogen-bond acceptors (Lipinski definition) is 4. The van der Waals surface area contributed by atoms with E-state index in [9.17, 15) is 31.9 Å². The molecule has 0 bridgehead atoms. The minimum absolute atomic E-state index is 0.0826. The molecule has 3 amide bonds. The summed E-state index contributed by atoms with van der Waals surface area (Å²) in [5, 5.41) is 6.86. The van der Waals surface area contributed by atoms with Gasteiger partial charge >= 0.3 is 6.18 Å². The molecule has 0 fully saturated rings. The second-order valence-corrected chi connectivity index (χ2v) is 10.7. The molecule has 0 aromatic heterocycles. The Hall–Kier alpha value is -4.90. The first-order valence-electron chi connectivity index (χ1n) is 13.4. The smallest absolute Gasteiger partial charge is 0.325 e. The van der Waals surface area contributed by atoms with Gasteiger partial charge in [-0.3, -0.25) is 14.4 Å². The zero-order valence-corrected chi connectivity index (χ0v) is 24.1. The summed E-state index contributed by atoms with van der Waals surface area (Å²) < 4.78 is 54.6. The lowest BCUT2D eigenvalue weighted by Gasteiger charge is -2.18. The molecule has 0 heterocycles. The van der Waals surface area contributed by atoms with Gasteiger partial charge in [0.05, 0.1) is 16.5 Å². The SMILES string of the molecule is CCC(Sc1cccc(NC(=O)/C(=C/c2ccccc2F)NC(=O)c2ccccc2)c1)C(=O)Nc1ccccc1C(F)(F)F. The van der Waals surface area contributed by atoms with Gasteiger partial charge in [-0.25, -0.2) is 4.39 Å². The monoisotopic (exact) mass is 621 g/mol. The van der Waals surface area contributed by atoms with Crippen molar-refractivity contribution in [1.82, 2.24) is 5.32 Å². The Balaban J connectivity index is 1.51. The number of halogens is 4. The van der Waals surface area contributed by atoms with Crippen molar-refractivity contribution in [2.75, 3.05) is 10.6 Å². The van der Waals surface area contributed by atoms with Crippen LogP contribution in [-0.2, 0) is 15.8 Å². The predicted octanol–water partition coefficient (Wildman–Crippen LogP) is 7.76. The maximum atomic E-state index is 14.4. The average molecular weight is 622 g/mol. The van der Waals surface area contributed by atoms with E-state index in [-0.39, 0.29) is 16.9 Å². The van der Waals surface area contributed by atoms with Gasteiger partial charge < -0.3 is 16.0 Å². The highest BCUT2D eigenvalue weighted by molar-refractivity contribution is 8.00. The molecule has 4 aromatic carbocycles. The first kappa shape index (κ1) is 32.0. The third-order valence-corrected chi connectivity index (χ3v) is 7.62. The second kappa shape index (κ2) is 14.5. The van der Waals surface area contributed by atoms with Crippen molar-refractivity contribution in [3.63, 3.8) is 0 Å². The van der Waals surface area contributed by atoms with Crippen molar-refractivity contribution in [3.8, 4) is 0 Å². The Morgan fingerprint density at radius 2 is 1.52 bits per heavy atom. The summed E-state index contributed by atoms with van der Waals surface area (Å²) >= 11 is 1.11. The molecule has 0 saturated heterocycles. The van der Waals surface area contributed by atoms with E-state index in [1.54, 1.807) is 67.6 Å². The molecule has 0 radical (unpaired) electrons. The maximum Gasteiger partial charge on any atom is 0.418 e. The number of carbonyl (C=O) groups is 3. The van der Waals surface area contributed by atoms with Gasteiger partial charge in [0.15, 0.2) is 0 Å². The van der Waals surface area contributed by atoms with Crippen LogP contribution in [0.3, 0.4) is 0 Å². The van der Waals surface area contributed by atoms with E-state index in [0.29, 0.717) is 22.6 Å². The fourth-order valence-electron chi connectivity index (χ4n) is 4.07. The van der Waals surface area contributed by atoms with E-state index < -0.39 is 40.5 Å². The van der Waals surface area contributed by atoms with Gasteiger partial charge in [0, 0.05) is 21.7 Å². The molecule has 6 nitrogen and oxygen atoms in total. The highest BCUT2D eigenvalue weighted by atomic mass is 32.2. The molecule has 11 heteroatoms. The van der Waals surface area contributed by atoms with Crippen molar-refractivity contribution in [3.05, 3.63) is 131 Å². The maximum absolute atomic E-state index is 14.4. The Kier molecular flexibility index (Phi) is 10.6. The van der Waals surface area contributed by atoms with Crippen LogP contribution in [0.25, 0.3) is 6.08 Å². The Morgan fingerprint density at radius 3 is 2.23 bits per heavy atom. The van der Waals surface area contributed by atoms with E-state index in [4.69, 9.17) is 0 Å². The standard InChI is InChI=1S/C33H27F4N3O3S/c1-2-29(32(43)39-27-18-9-7-16-25(27)33(35,36)37)44-24-15-10-14-23(20-24)38-31(42)28(19-22-13-6-8-17-26(22)34)40-30(41)21-11-4-3-5-12-21/h3-20,29H,2H2,1H3,(H,38,42)(H,39,43)(H,40,41)/b28-19-. The first-order chi connectivity index (χ1) is 21.0. The summed E-state index contributed by atoms with van der Waals surface area (Å²) in [4.78, 5) is 39.7. The van der Waals surface area contributed by atoms with Crippen molar-refractivity contribution in [1.29, 1.82) is 0 Å². The third kappa shape index (κ3) is 8.57. The molecular formula is C33H27F4N3O3S. The number of carbonyl (C=O) groups excluding carboxylic acids is 3. The zero-order chi connectivity index (χ0) is 31.7. The van der Waals surface area contributed by atoms with E-state index >= 15 is 0 Å². The molecule has 4 rings (SSSR count). The number of alkyl halides is 3. The molecule has 3 N–H and O–H groups in total. The van der Waals surface area contributed by atoms with Crippen molar-refractivity contribution >= 4 is 46.9 Å². The minimum Gasteiger partial charge on any atom is -0.325 e. The Bertz CT molecular complexity index is 1680. The van der Waals surface area contributed by atoms with Crippen LogP contribution < -0.4 is 16.0 Å². The van der Waals surface area contributed by atoms with Crippen LogP contribution in [0.2, 0.25) is 0 Å².